The monoisotopic (exact) mass is 377 g/mol. The Kier molecular flexibility index (Phi) is 6.46. The lowest BCUT2D eigenvalue weighted by atomic mass is 10.2. The summed E-state index contributed by atoms with van der Waals surface area (Å²) in [7, 11) is 0. The standard InChI is InChI=1S/C22H23N3O3/c1-3-27-19-9-5-17(6-10-19)24-21-15-16(13-14-23-21)22(26)25-18-7-11-20(12-8-18)28-4-2/h5-15H,3-4H2,1-2H3,(H,23,24)(H,25,26). The maximum absolute atomic E-state index is 12.5. The highest BCUT2D eigenvalue weighted by atomic mass is 16.5. The Balaban J connectivity index is 1.65. The number of nitrogens with zero attached hydrogens (tertiary/aromatic N) is 1. The molecule has 0 spiro atoms. The minimum atomic E-state index is -0.207. The summed E-state index contributed by atoms with van der Waals surface area (Å²) >= 11 is 0. The van der Waals surface area contributed by atoms with Gasteiger partial charge in [-0.1, -0.05) is 0 Å². The van der Waals surface area contributed by atoms with Crippen LogP contribution in [0.2, 0.25) is 0 Å². The van der Waals surface area contributed by atoms with Crippen LogP contribution >= 0.6 is 0 Å². The van der Waals surface area contributed by atoms with E-state index < -0.39 is 0 Å². The minimum Gasteiger partial charge on any atom is -0.494 e. The third-order valence-electron chi connectivity index (χ3n) is 3.88. The molecule has 2 aromatic carbocycles. The summed E-state index contributed by atoms with van der Waals surface area (Å²) < 4.78 is 10.8. The second-order valence-corrected chi connectivity index (χ2v) is 5.92. The third kappa shape index (κ3) is 5.23. The number of carbonyl (C=O) groups excluding carboxylic acids is 1. The van der Waals surface area contributed by atoms with Crippen molar-refractivity contribution in [1.29, 1.82) is 0 Å². The average Bonchev–Trinajstić information content (AvgIpc) is 2.71. The molecule has 0 saturated heterocycles. The zero-order valence-electron chi connectivity index (χ0n) is 15.9. The molecule has 0 aliphatic rings. The summed E-state index contributed by atoms with van der Waals surface area (Å²) in [5.41, 5.74) is 2.07. The van der Waals surface area contributed by atoms with Crippen molar-refractivity contribution < 1.29 is 14.3 Å². The highest BCUT2D eigenvalue weighted by Gasteiger charge is 2.08. The quantitative estimate of drug-likeness (QED) is 0.586. The Hall–Kier alpha value is -3.54. The van der Waals surface area contributed by atoms with E-state index in [1.54, 1.807) is 18.3 Å². The number of anilines is 3. The molecule has 0 aliphatic carbocycles. The SMILES string of the molecule is CCOc1ccc(NC(=O)c2ccnc(Nc3ccc(OCC)cc3)c2)cc1. The molecule has 1 aromatic heterocycles. The highest BCUT2D eigenvalue weighted by molar-refractivity contribution is 6.04. The molecule has 3 aromatic rings. The zero-order chi connectivity index (χ0) is 19.8. The van der Waals surface area contributed by atoms with E-state index in [2.05, 4.69) is 15.6 Å². The maximum atomic E-state index is 12.5. The number of hydrogen-bond donors (Lipinski definition) is 2. The Bertz CT molecular complexity index is 909. The number of carbonyl (C=O) groups is 1. The van der Waals surface area contributed by atoms with Crippen LogP contribution in [0.1, 0.15) is 24.2 Å². The van der Waals surface area contributed by atoms with Gasteiger partial charge in [0.2, 0.25) is 0 Å². The fraction of sp³-hybridized carbons (Fsp3) is 0.182. The molecule has 0 fully saturated rings. The lowest BCUT2D eigenvalue weighted by molar-refractivity contribution is 0.102. The first-order chi connectivity index (χ1) is 13.7. The van der Waals surface area contributed by atoms with Crippen LogP contribution in [-0.4, -0.2) is 24.1 Å². The Labute approximate surface area is 164 Å². The van der Waals surface area contributed by atoms with Crippen molar-refractivity contribution in [2.45, 2.75) is 13.8 Å². The molecule has 0 saturated carbocycles. The predicted octanol–water partition coefficient (Wildman–Crippen LogP) is 4.87. The Morgan fingerprint density at radius 2 is 1.43 bits per heavy atom. The molecule has 3 rings (SSSR count). The van der Waals surface area contributed by atoms with E-state index in [0.29, 0.717) is 30.3 Å². The first-order valence-electron chi connectivity index (χ1n) is 9.18. The lowest BCUT2D eigenvalue weighted by Crippen LogP contribution is -2.12. The van der Waals surface area contributed by atoms with Crippen molar-refractivity contribution in [3.63, 3.8) is 0 Å². The second-order valence-electron chi connectivity index (χ2n) is 5.92. The molecule has 6 nitrogen and oxygen atoms in total. The zero-order valence-corrected chi connectivity index (χ0v) is 15.9. The van der Waals surface area contributed by atoms with Gasteiger partial charge in [0, 0.05) is 23.1 Å². The van der Waals surface area contributed by atoms with E-state index in [9.17, 15) is 4.79 Å². The molecule has 2 N–H and O–H groups in total. The van der Waals surface area contributed by atoms with Gasteiger partial charge in [-0.05, 0) is 74.5 Å². The number of nitrogens with one attached hydrogen (secondary N) is 2. The van der Waals surface area contributed by atoms with Gasteiger partial charge in [-0.2, -0.15) is 0 Å². The van der Waals surface area contributed by atoms with Gasteiger partial charge in [0.1, 0.15) is 17.3 Å². The molecule has 0 radical (unpaired) electrons. The molecule has 28 heavy (non-hydrogen) atoms. The molecule has 6 heteroatoms. The fourth-order valence-electron chi connectivity index (χ4n) is 2.59. The van der Waals surface area contributed by atoms with E-state index in [1.807, 2.05) is 62.4 Å². The van der Waals surface area contributed by atoms with Crippen molar-refractivity contribution in [3.8, 4) is 11.5 Å². The van der Waals surface area contributed by atoms with Gasteiger partial charge in [0.05, 0.1) is 13.2 Å². The molecule has 0 bridgehead atoms. The molecule has 144 valence electrons. The number of amides is 1. The lowest BCUT2D eigenvalue weighted by Gasteiger charge is -2.10. The van der Waals surface area contributed by atoms with E-state index in [4.69, 9.17) is 9.47 Å². The molecule has 0 atom stereocenters. The van der Waals surface area contributed by atoms with Crippen LogP contribution in [-0.2, 0) is 0 Å². The summed E-state index contributed by atoms with van der Waals surface area (Å²) in [6, 6.07) is 18.2. The predicted molar refractivity (Wildman–Crippen MR) is 111 cm³/mol. The first kappa shape index (κ1) is 19.2. The van der Waals surface area contributed by atoms with Crippen molar-refractivity contribution in [1.82, 2.24) is 4.98 Å². The van der Waals surface area contributed by atoms with Crippen molar-refractivity contribution in [2.75, 3.05) is 23.8 Å². The number of rotatable bonds is 8. The number of benzene rings is 2. The normalized spacial score (nSPS) is 10.2. The van der Waals surface area contributed by atoms with Crippen LogP contribution in [0.25, 0.3) is 0 Å². The molecule has 1 heterocycles. The van der Waals surface area contributed by atoms with Gasteiger partial charge >= 0.3 is 0 Å². The minimum absolute atomic E-state index is 0.207. The van der Waals surface area contributed by atoms with Gasteiger partial charge < -0.3 is 20.1 Å². The van der Waals surface area contributed by atoms with Crippen molar-refractivity contribution >= 4 is 23.1 Å². The summed E-state index contributed by atoms with van der Waals surface area (Å²) in [5, 5.41) is 6.06. The van der Waals surface area contributed by atoms with Crippen LogP contribution in [0.15, 0.2) is 66.9 Å². The Morgan fingerprint density at radius 3 is 2.00 bits per heavy atom. The second kappa shape index (κ2) is 9.41. The molecular weight excluding hydrogens is 354 g/mol. The first-order valence-corrected chi connectivity index (χ1v) is 9.18. The number of hydrogen-bond acceptors (Lipinski definition) is 5. The average molecular weight is 377 g/mol. The van der Waals surface area contributed by atoms with Crippen molar-refractivity contribution in [2.24, 2.45) is 0 Å². The highest BCUT2D eigenvalue weighted by Crippen LogP contribution is 2.20. The van der Waals surface area contributed by atoms with Crippen LogP contribution < -0.4 is 20.1 Å². The molecule has 0 unspecified atom stereocenters. The number of pyridine rings is 1. The van der Waals surface area contributed by atoms with Gasteiger partial charge in [0.25, 0.3) is 5.91 Å². The van der Waals surface area contributed by atoms with E-state index >= 15 is 0 Å². The summed E-state index contributed by atoms with van der Waals surface area (Å²) in [5.74, 6) is 1.96. The van der Waals surface area contributed by atoms with E-state index in [1.165, 1.54) is 0 Å². The van der Waals surface area contributed by atoms with Crippen LogP contribution in [0.3, 0.4) is 0 Å². The van der Waals surface area contributed by atoms with E-state index in [0.717, 1.165) is 17.2 Å². The van der Waals surface area contributed by atoms with Crippen LogP contribution in [0.5, 0.6) is 11.5 Å². The molecular formula is C22H23N3O3. The largest absolute Gasteiger partial charge is 0.494 e. The molecule has 1 amide bonds. The number of ether oxygens (including phenoxy) is 2. The summed E-state index contributed by atoms with van der Waals surface area (Å²) in [4.78, 5) is 16.8. The van der Waals surface area contributed by atoms with Gasteiger partial charge in [-0.15, -0.1) is 0 Å². The molecule has 0 aliphatic heterocycles. The van der Waals surface area contributed by atoms with E-state index in [-0.39, 0.29) is 5.91 Å². The van der Waals surface area contributed by atoms with Gasteiger partial charge in [-0.25, -0.2) is 4.98 Å². The fourth-order valence-corrected chi connectivity index (χ4v) is 2.59. The summed E-state index contributed by atoms with van der Waals surface area (Å²) in [6.45, 7) is 5.10. The van der Waals surface area contributed by atoms with Crippen molar-refractivity contribution in [3.05, 3.63) is 72.4 Å². The van der Waals surface area contributed by atoms with Crippen LogP contribution in [0, 0.1) is 0 Å². The van der Waals surface area contributed by atoms with Crippen LogP contribution in [0.4, 0.5) is 17.2 Å². The summed E-state index contributed by atoms with van der Waals surface area (Å²) in [6.07, 6.45) is 1.60. The maximum Gasteiger partial charge on any atom is 0.255 e. The van der Waals surface area contributed by atoms with Gasteiger partial charge in [-0.3, -0.25) is 4.79 Å². The topological polar surface area (TPSA) is 72.5 Å². The third-order valence-corrected chi connectivity index (χ3v) is 3.88. The number of aromatic nitrogens is 1. The Morgan fingerprint density at radius 1 is 0.857 bits per heavy atom. The van der Waals surface area contributed by atoms with Gasteiger partial charge in [0.15, 0.2) is 0 Å². The smallest absolute Gasteiger partial charge is 0.255 e.